The maximum atomic E-state index is 12.9. The number of methoxy groups -OCH3 is 1. The number of ether oxygens (including phenoxy) is 2. The minimum absolute atomic E-state index is 0.0305. The van der Waals surface area contributed by atoms with Gasteiger partial charge in [-0.1, -0.05) is 17.3 Å². The number of para-hydroxylation sites is 1. The molecule has 4 fully saturated rings. The number of rotatable bonds is 5. The normalized spacial score (nSPS) is 31.1. The van der Waals surface area contributed by atoms with E-state index in [9.17, 15) is 4.79 Å². The van der Waals surface area contributed by atoms with Crippen molar-refractivity contribution < 1.29 is 18.8 Å². The Hall–Kier alpha value is -2.37. The van der Waals surface area contributed by atoms with Crippen molar-refractivity contribution in [1.82, 2.24) is 10.1 Å². The average molecular weight is 368 g/mol. The van der Waals surface area contributed by atoms with Crippen LogP contribution in [0.2, 0.25) is 0 Å². The van der Waals surface area contributed by atoms with Gasteiger partial charge in [-0.2, -0.15) is 4.98 Å². The highest BCUT2D eigenvalue weighted by Gasteiger charge is 2.55. The first-order valence-electron chi connectivity index (χ1n) is 9.78. The summed E-state index contributed by atoms with van der Waals surface area (Å²) in [6, 6.07) is 7.49. The Kier molecular flexibility index (Phi) is 3.95. The highest BCUT2D eigenvalue weighted by Crippen LogP contribution is 2.60. The van der Waals surface area contributed by atoms with Crippen LogP contribution in [0.1, 0.15) is 44.4 Å². The SMILES string of the molecule is COc1ccccc1-c1noc(COC(=O)C23CC4CC(CC(C4)C2)C3)n1. The first kappa shape index (κ1) is 16.8. The average Bonchev–Trinajstić information content (AvgIpc) is 3.14. The Bertz CT molecular complexity index is 824. The van der Waals surface area contributed by atoms with Crippen molar-refractivity contribution in [2.24, 2.45) is 23.2 Å². The molecule has 0 aliphatic heterocycles. The lowest BCUT2D eigenvalue weighted by Gasteiger charge is -2.55. The molecular formula is C21H24N2O4. The third kappa shape index (κ3) is 2.91. The molecule has 0 radical (unpaired) electrons. The molecule has 0 amide bonds. The van der Waals surface area contributed by atoms with Crippen LogP contribution in [0.5, 0.6) is 5.75 Å². The van der Waals surface area contributed by atoms with Crippen LogP contribution in [-0.4, -0.2) is 23.2 Å². The molecule has 1 aromatic heterocycles. The second-order valence-electron chi connectivity index (χ2n) is 8.49. The molecule has 6 heteroatoms. The van der Waals surface area contributed by atoms with E-state index in [1.54, 1.807) is 7.11 Å². The van der Waals surface area contributed by atoms with Gasteiger partial charge in [0.1, 0.15) is 5.75 Å². The highest BCUT2D eigenvalue weighted by molar-refractivity contribution is 5.77. The maximum absolute atomic E-state index is 12.9. The van der Waals surface area contributed by atoms with Crippen LogP contribution in [0.15, 0.2) is 28.8 Å². The molecule has 4 aliphatic rings. The zero-order valence-electron chi connectivity index (χ0n) is 15.5. The summed E-state index contributed by atoms with van der Waals surface area (Å²) >= 11 is 0. The van der Waals surface area contributed by atoms with Crippen molar-refractivity contribution >= 4 is 5.97 Å². The summed E-state index contributed by atoms with van der Waals surface area (Å²) in [6.07, 6.45) is 6.89. The Labute approximate surface area is 158 Å². The Balaban J connectivity index is 1.27. The zero-order valence-corrected chi connectivity index (χ0v) is 15.5. The number of hydrogen-bond acceptors (Lipinski definition) is 6. The fourth-order valence-electron chi connectivity index (χ4n) is 5.89. The minimum atomic E-state index is -0.264. The van der Waals surface area contributed by atoms with Crippen LogP contribution in [0.25, 0.3) is 11.4 Å². The topological polar surface area (TPSA) is 74.5 Å². The van der Waals surface area contributed by atoms with Crippen LogP contribution in [0, 0.1) is 23.2 Å². The smallest absolute Gasteiger partial charge is 0.312 e. The van der Waals surface area contributed by atoms with Gasteiger partial charge < -0.3 is 14.0 Å². The largest absolute Gasteiger partial charge is 0.496 e. The number of esters is 1. The molecule has 0 saturated heterocycles. The Morgan fingerprint density at radius 3 is 2.48 bits per heavy atom. The van der Waals surface area contributed by atoms with Crippen LogP contribution < -0.4 is 4.74 Å². The van der Waals surface area contributed by atoms with Gasteiger partial charge in [0.2, 0.25) is 5.82 Å². The lowest BCUT2D eigenvalue weighted by molar-refractivity contribution is -0.173. The van der Waals surface area contributed by atoms with E-state index in [0.29, 0.717) is 35.2 Å². The molecule has 6 rings (SSSR count). The van der Waals surface area contributed by atoms with E-state index < -0.39 is 0 Å². The third-order valence-corrected chi connectivity index (χ3v) is 6.61. The standard InChI is InChI=1S/C21H24N2O4/c1-25-17-5-3-2-4-16(17)19-22-18(27-23-19)12-26-20(24)21-9-13-6-14(10-21)8-15(7-13)11-21/h2-5,13-15H,6-12H2,1H3. The summed E-state index contributed by atoms with van der Waals surface area (Å²) in [7, 11) is 1.60. The predicted molar refractivity (Wildman–Crippen MR) is 96.7 cm³/mol. The molecule has 4 saturated carbocycles. The molecule has 4 aliphatic carbocycles. The van der Waals surface area contributed by atoms with Gasteiger partial charge in [-0.15, -0.1) is 0 Å². The molecule has 2 aromatic rings. The quantitative estimate of drug-likeness (QED) is 0.743. The van der Waals surface area contributed by atoms with E-state index >= 15 is 0 Å². The second-order valence-corrected chi connectivity index (χ2v) is 8.49. The molecule has 27 heavy (non-hydrogen) atoms. The van der Waals surface area contributed by atoms with Crippen LogP contribution in [0.4, 0.5) is 0 Å². The fourth-order valence-corrected chi connectivity index (χ4v) is 5.89. The van der Waals surface area contributed by atoms with Crippen LogP contribution in [0.3, 0.4) is 0 Å². The van der Waals surface area contributed by atoms with Crippen molar-refractivity contribution in [3.05, 3.63) is 30.2 Å². The van der Waals surface area contributed by atoms with Gasteiger partial charge in [0.05, 0.1) is 18.1 Å². The Morgan fingerprint density at radius 2 is 1.81 bits per heavy atom. The maximum Gasteiger partial charge on any atom is 0.312 e. The molecule has 0 spiro atoms. The van der Waals surface area contributed by atoms with Crippen LogP contribution >= 0.6 is 0 Å². The minimum Gasteiger partial charge on any atom is -0.496 e. The fraction of sp³-hybridized carbons (Fsp3) is 0.571. The monoisotopic (exact) mass is 368 g/mol. The number of benzene rings is 1. The summed E-state index contributed by atoms with van der Waals surface area (Å²) < 4.78 is 16.3. The van der Waals surface area contributed by atoms with Crippen molar-refractivity contribution in [3.63, 3.8) is 0 Å². The lowest BCUT2D eigenvalue weighted by atomic mass is 9.49. The molecule has 6 nitrogen and oxygen atoms in total. The van der Waals surface area contributed by atoms with Crippen molar-refractivity contribution in [2.45, 2.75) is 45.1 Å². The van der Waals surface area contributed by atoms with Gasteiger partial charge in [0, 0.05) is 0 Å². The molecule has 1 heterocycles. The second kappa shape index (κ2) is 6.36. The third-order valence-electron chi connectivity index (χ3n) is 6.61. The van der Waals surface area contributed by atoms with Gasteiger partial charge in [0.15, 0.2) is 6.61 Å². The molecule has 4 bridgehead atoms. The van der Waals surface area contributed by atoms with Crippen molar-refractivity contribution in [3.8, 4) is 17.1 Å². The molecule has 0 N–H and O–H groups in total. The van der Waals surface area contributed by atoms with Crippen molar-refractivity contribution in [2.75, 3.05) is 7.11 Å². The number of hydrogen-bond donors (Lipinski definition) is 0. The van der Waals surface area contributed by atoms with E-state index in [-0.39, 0.29) is 18.0 Å². The van der Waals surface area contributed by atoms with Gasteiger partial charge in [0.25, 0.3) is 5.89 Å². The lowest BCUT2D eigenvalue weighted by Crippen LogP contribution is -2.50. The molecule has 142 valence electrons. The zero-order chi connectivity index (χ0) is 18.4. The Morgan fingerprint density at radius 1 is 1.15 bits per heavy atom. The summed E-state index contributed by atoms with van der Waals surface area (Å²) in [6.45, 7) is 0.0305. The number of carbonyl (C=O) groups is 1. The van der Waals surface area contributed by atoms with Gasteiger partial charge in [-0.05, 0) is 68.4 Å². The van der Waals surface area contributed by atoms with Gasteiger partial charge >= 0.3 is 5.97 Å². The summed E-state index contributed by atoms with van der Waals surface area (Å²) in [4.78, 5) is 17.3. The number of nitrogens with zero attached hydrogens (tertiary/aromatic N) is 2. The van der Waals surface area contributed by atoms with E-state index in [4.69, 9.17) is 14.0 Å². The highest BCUT2D eigenvalue weighted by atomic mass is 16.6. The molecule has 0 atom stereocenters. The number of carbonyl (C=O) groups excluding carboxylic acids is 1. The van der Waals surface area contributed by atoms with E-state index in [2.05, 4.69) is 10.1 Å². The van der Waals surface area contributed by atoms with Gasteiger partial charge in [-0.25, -0.2) is 0 Å². The first-order valence-corrected chi connectivity index (χ1v) is 9.78. The summed E-state index contributed by atoms with van der Waals surface area (Å²) in [5.74, 6) is 3.49. The molecule has 0 unspecified atom stereocenters. The summed E-state index contributed by atoms with van der Waals surface area (Å²) in [5.41, 5.74) is 0.489. The van der Waals surface area contributed by atoms with E-state index in [1.165, 1.54) is 19.3 Å². The van der Waals surface area contributed by atoms with Gasteiger partial charge in [-0.3, -0.25) is 4.79 Å². The van der Waals surface area contributed by atoms with Crippen LogP contribution in [-0.2, 0) is 16.1 Å². The molecule has 1 aromatic carbocycles. The molecular weight excluding hydrogens is 344 g/mol. The van der Waals surface area contributed by atoms with E-state index in [1.807, 2.05) is 24.3 Å². The van der Waals surface area contributed by atoms with Crippen molar-refractivity contribution in [1.29, 1.82) is 0 Å². The first-order chi connectivity index (χ1) is 13.1. The number of aromatic nitrogens is 2. The predicted octanol–water partition coefficient (Wildman–Crippen LogP) is 4.00. The summed E-state index contributed by atoms with van der Waals surface area (Å²) in [5, 5.41) is 4.01. The van der Waals surface area contributed by atoms with E-state index in [0.717, 1.165) is 24.8 Å².